The molecule has 0 bridgehead atoms. The Morgan fingerprint density at radius 3 is 2.68 bits per heavy atom. The molecule has 1 unspecified atom stereocenters. The lowest BCUT2D eigenvalue weighted by Crippen LogP contribution is -2.17. The average Bonchev–Trinajstić information content (AvgIpc) is 2.47. The molecule has 0 fully saturated rings. The summed E-state index contributed by atoms with van der Waals surface area (Å²) in [5, 5.41) is 0. The standard InChI is InChI=1S/C16H15BrO2/c1-18-12-7-5-11(6-8-12)16-14-3-2-4-15(17)13(14)9-10-19-16/h2-8,16H,9-10H2,1H3. The highest BCUT2D eigenvalue weighted by molar-refractivity contribution is 9.10. The van der Waals surface area contributed by atoms with Crippen LogP contribution < -0.4 is 4.74 Å². The van der Waals surface area contributed by atoms with Crippen molar-refractivity contribution < 1.29 is 9.47 Å². The van der Waals surface area contributed by atoms with Gasteiger partial charge in [-0.15, -0.1) is 0 Å². The fourth-order valence-corrected chi connectivity index (χ4v) is 3.09. The summed E-state index contributed by atoms with van der Waals surface area (Å²) in [7, 11) is 1.68. The van der Waals surface area contributed by atoms with Crippen LogP contribution in [0.15, 0.2) is 46.9 Å². The van der Waals surface area contributed by atoms with Gasteiger partial charge < -0.3 is 9.47 Å². The normalized spacial score (nSPS) is 17.9. The second-order valence-corrected chi connectivity index (χ2v) is 5.44. The van der Waals surface area contributed by atoms with Crippen molar-refractivity contribution in [3.63, 3.8) is 0 Å². The third-order valence-electron chi connectivity index (χ3n) is 3.49. The first kappa shape index (κ1) is 12.7. The van der Waals surface area contributed by atoms with Crippen LogP contribution in [0.3, 0.4) is 0 Å². The first-order valence-electron chi connectivity index (χ1n) is 6.32. The van der Waals surface area contributed by atoms with Gasteiger partial charge >= 0.3 is 0 Å². The molecule has 0 aliphatic carbocycles. The summed E-state index contributed by atoms with van der Waals surface area (Å²) in [6, 6.07) is 14.4. The van der Waals surface area contributed by atoms with Gasteiger partial charge in [0.15, 0.2) is 0 Å². The molecule has 0 radical (unpaired) electrons. The molecule has 0 saturated heterocycles. The van der Waals surface area contributed by atoms with Crippen molar-refractivity contribution in [2.75, 3.05) is 13.7 Å². The maximum atomic E-state index is 5.96. The molecule has 1 aliphatic heterocycles. The highest BCUT2D eigenvalue weighted by Crippen LogP contribution is 2.36. The second kappa shape index (κ2) is 5.35. The van der Waals surface area contributed by atoms with Crippen LogP contribution in [0.4, 0.5) is 0 Å². The summed E-state index contributed by atoms with van der Waals surface area (Å²) >= 11 is 3.63. The van der Waals surface area contributed by atoms with Gasteiger partial charge in [-0.1, -0.05) is 40.2 Å². The maximum Gasteiger partial charge on any atom is 0.118 e. The molecule has 2 nitrogen and oxygen atoms in total. The Balaban J connectivity index is 2.01. The van der Waals surface area contributed by atoms with Gasteiger partial charge in [-0.25, -0.2) is 0 Å². The van der Waals surface area contributed by atoms with Crippen LogP contribution in [0.5, 0.6) is 5.75 Å². The molecule has 0 amide bonds. The van der Waals surface area contributed by atoms with E-state index in [1.807, 2.05) is 12.1 Å². The zero-order valence-corrected chi connectivity index (χ0v) is 12.3. The largest absolute Gasteiger partial charge is 0.497 e. The topological polar surface area (TPSA) is 18.5 Å². The van der Waals surface area contributed by atoms with E-state index in [0.717, 1.165) is 18.8 Å². The minimum Gasteiger partial charge on any atom is -0.497 e. The molecule has 0 saturated carbocycles. The monoisotopic (exact) mass is 318 g/mol. The molecule has 1 heterocycles. The number of benzene rings is 2. The highest BCUT2D eigenvalue weighted by atomic mass is 79.9. The Bertz CT molecular complexity index is 578. The lowest BCUT2D eigenvalue weighted by molar-refractivity contribution is 0.0696. The Hall–Kier alpha value is -1.32. The predicted molar refractivity (Wildman–Crippen MR) is 78.6 cm³/mol. The zero-order valence-electron chi connectivity index (χ0n) is 10.7. The Morgan fingerprint density at radius 2 is 1.95 bits per heavy atom. The number of rotatable bonds is 2. The number of halogens is 1. The van der Waals surface area contributed by atoms with E-state index < -0.39 is 0 Å². The predicted octanol–water partition coefficient (Wildman–Crippen LogP) is 4.12. The lowest BCUT2D eigenvalue weighted by Gasteiger charge is -2.27. The van der Waals surface area contributed by atoms with Gasteiger partial charge in [0.25, 0.3) is 0 Å². The van der Waals surface area contributed by atoms with E-state index in [0.29, 0.717) is 0 Å². The lowest BCUT2D eigenvalue weighted by atomic mass is 9.93. The Labute approximate surface area is 121 Å². The van der Waals surface area contributed by atoms with Crippen LogP contribution in [0.2, 0.25) is 0 Å². The van der Waals surface area contributed by atoms with Crippen molar-refractivity contribution in [3.05, 3.63) is 63.6 Å². The SMILES string of the molecule is COc1ccc(C2OCCc3c(Br)cccc32)cc1. The van der Waals surface area contributed by atoms with Gasteiger partial charge in [0.05, 0.1) is 13.7 Å². The van der Waals surface area contributed by atoms with Crippen LogP contribution in [-0.4, -0.2) is 13.7 Å². The van der Waals surface area contributed by atoms with Gasteiger partial charge in [0.2, 0.25) is 0 Å². The highest BCUT2D eigenvalue weighted by Gasteiger charge is 2.23. The third-order valence-corrected chi connectivity index (χ3v) is 4.24. The summed E-state index contributed by atoms with van der Waals surface area (Å²) in [5.74, 6) is 0.869. The molecule has 0 N–H and O–H groups in total. The third kappa shape index (κ3) is 2.40. The van der Waals surface area contributed by atoms with E-state index in [4.69, 9.17) is 9.47 Å². The van der Waals surface area contributed by atoms with Crippen molar-refractivity contribution in [3.8, 4) is 5.75 Å². The van der Waals surface area contributed by atoms with E-state index in [-0.39, 0.29) is 6.10 Å². The van der Waals surface area contributed by atoms with Crippen molar-refractivity contribution in [2.45, 2.75) is 12.5 Å². The summed E-state index contributed by atoms with van der Waals surface area (Å²) < 4.78 is 12.3. The molecule has 2 aromatic carbocycles. The van der Waals surface area contributed by atoms with E-state index in [2.05, 4.69) is 46.3 Å². The Morgan fingerprint density at radius 1 is 1.16 bits per heavy atom. The molecule has 2 aromatic rings. The summed E-state index contributed by atoms with van der Waals surface area (Å²) in [4.78, 5) is 0. The van der Waals surface area contributed by atoms with Gasteiger partial charge in [0, 0.05) is 4.47 Å². The fourth-order valence-electron chi connectivity index (χ4n) is 2.51. The minimum atomic E-state index is 0.0205. The first-order chi connectivity index (χ1) is 9.29. The molecule has 0 aromatic heterocycles. The Kier molecular flexibility index (Phi) is 3.58. The van der Waals surface area contributed by atoms with E-state index in [1.165, 1.54) is 21.2 Å². The van der Waals surface area contributed by atoms with Crippen LogP contribution in [-0.2, 0) is 11.2 Å². The maximum absolute atomic E-state index is 5.96. The smallest absolute Gasteiger partial charge is 0.118 e. The van der Waals surface area contributed by atoms with Gasteiger partial charge in [-0.3, -0.25) is 0 Å². The van der Waals surface area contributed by atoms with Crippen LogP contribution in [0, 0.1) is 0 Å². The molecular weight excluding hydrogens is 304 g/mol. The van der Waals surface area contributed by atoms with E-state index in [1.54, 1.807) is 7.11 Å². The molecule has 3 rings (SSSR count). The average molecular weight is 319 g/mol. The molecule has 1 aliphatic rings. The summed E-state index contributed by atoms with van der Waals surface area (Å²) in [6.07, 6.45) is 0.982. The van der Waals surface area contributed by atoms with Crippen LogP contribution in [0.1, 0.15) is 22.8 Å². The second-order valence-electron chi connectivity index (χ2n) is 4.58. The van der Waals surface area contributed by atoms with Crippen LogP contribution >= 0.6 is 15.9 Å². The fraction of sp³-hybridized carbons (Fsp3) is 0.250. The first-order valence-corrected chi connectivity index (χ1v) is 7.12. The van der Waals surface area contributed by atoms with Gasteiger partial charge in [0.1, 0.15) is 11.9 Å². The van der Waals surface area contributed by atoms with Crippen molar-refractivity contribution in [1.82, 2.24) is 0 Å². The van der Waals surface area contributed by atoms with Crippen LogP contribution in [0.25, 0.3) is 0 Å². The van der Waals surface area contributed by atoms with E-state index >= 15 is 0 Å². The molecule has 1 atom stereocenters. The van der Waals surface area contributed by atoms with E-state index in [9.17, 15) is 0 Å². The molecular formula is C16H15BrO2. The quantitative estimate of drug-likeness (QED) is 0.829. The molecule has 3 heteroatoms. The number of fused-ring (bicyclic) bond motifs is 1. The number of ether oxygens (including phenoxy) is 2. The van der Waals surface area contributed by atoms with Crippen molar-refractivity contribution in [1.29, 1.82) is 0 Å². The van der Waals surface area contributed by atoms with Gasteiger partial charge in [-0.2, -0.15) is 0 Å². The summed E-state index contributed by atoms with van der Waals surface area (Å²) in [6.45, 7) is 0.756. The summed E-state index contributed by atoms with van der Waals surface area (Å²) in [5.41, 5.74) is 3.78. The number of hydrogen-bond acceptors (Lipinski definition) is 2. The minimum absolute atomic E-state index is 0.0205. The molecule has 98 valence electrons. The van der Waals surface area contributed by atoms with Crippen molar-refractivity contribution >= 4 is 15.9 Å². The number of hydrogen-bond donors (Lipinski definition) is 0. The van der Waals surface area contributed by atoms with Crippen molar-refractivity contribution in [2.24, 2.45) is 0 Å². The van der Waals surface area contributed by atoms with Gasteiger partial charge in [-0.05, 0) is 41.3 Å². The molecule has 0 spiro atoms. The zero-order chi connectivity index (χ0) is 13.2. The molecule has 19 heavy (non-hydrogen) atoms. The number of methoxy groups -OCH3 is 1.